The van der Waals surface area contributed by atoms with Crippen LogP contribution in [0.1, 0.15) is 18.6 Å². The lowest BCUT2D eigenvalue weighted by Gasteiger charge is -2.16. The Morgan fingerprint density at radius 2 is 2.05 bits per heavy atom. The molecule has 0 radical (unpaired) electrons. The smallest absolute Gasteiger partial charge is 0.408 e. The van der Waals surface area contributed by atoms with Crippen LogP contribution in [0.3, 0.4) is 0 Å². The Morgan fingerprint density at radius 3 is 2.57 bits per heavy atom. The van der Waals surface area contributed by atoms with E-state index in [1.807, 2.05) is 5.32 Å². The first-order valence-electron chi connectivity index (χ1n) is 5.91. The molecule has 1 amide bonds. The van der Waals surface area contributed by atoms with Gasteiger partial charge in [-0.3, -0.25) is 10.1 Å². The molecule has 9 heteroatoms. The number of nitro benzene ring substituents is 1. The van der Waals surface area contributed by atoms with Gasteiger partial charge in [-0.2, -0.15) is 0 Å². The molecule has 9 nitrogen and oxygen atoms in total. The Balaban J connectivity index is 2.77. The van der Waals surface area contributed by atoms with Gasteiger partial charge in [-0.05, 0) is 13.0 Å². The van der Waals surface area contributed by atoms with E-state index in [0.29, 0.717) is 0 Å². The van der Waals surface area contributed by atoms with E-state index in [4.69, 9.17) is 14.9 Å². The number of nitrogens with zero attached hydrogens (tertiary/aromatic N) is 1. The second kappa shape index (κ2) is 7.20. The minimum absolute atomic E-state index is 0.175. The van der Waals surface area contributed by atoms with Gasteiger partial charge >= 0.3 is 12.1 Å². The number of carboxylic acid groups (broad SMARTS) is 1. The molecular weight excluding hydrogens is 284 g/mol. The van der Waals surface area contributed by atoms with Crippen molar-refractivity contribution in [1.82, 2.24) is 5.32 Å². The van der Waals surface area contributed by atoms with Crippen molar-refractivity contribution in [2.45, 2.75) is 19.1 Å². The molecule has 0 aromatic heterocycles. The molecule has 0 aliphatic carbocycles. The summed E-state index contributed by atoms with van der Waals surface area (Å²) < 4.78 is 4.88. The first-order chi connectivity index (χ1) is 9.86. The minimum Gasteiger partial charge on any atom is -0.480 e. The van der Waals surface area contributed by atoms with Gasteiger partial charge in [0.1, 0.15) is 6.10 Å². The van der Waals surface area contributed by atoms with Gasteiger partial charge in [-0.15, -0.1) is 0 Å². The number of aliphatic hydroxyl groups excluding tert-OH is 1. The molecule has 0 bridgehead atoms. The Morgan fingerprint density at radius 1 is 1.43 bits per heavy atom. The van der Waals surface area contributed by atoms with Crippen molar-refractivity contribution in [3.8, 4) is 0 Å². The third-order valence-corrected chi connectivity index (χ3v) is 2.63. The second-order valence-corrected chi connectivity index (χ2v) is 4.08. The SMILES string of the molecule is C[C@@H](OC(=O)N[C@@H](CO)C(=O)O)c1ccccc1[N+](=O)[O-]. The van der Waals surface area contributed by atoms with E-state index in [9.17, 15) is 19.7 Å². The summed E-state index contributed by atoms with van der Waals surface area (Å²) >= 11 is 0. The number of benzene rings is 1. The zero-order chi connectivity index (χ0) is 16.0. The maximum absolute atomic E-state index is 11.5. The Bertz CT molecular complexity index is 546. The lowest BCUT2D eigenvalue weighted by molar-refractivity contribution is -0.386. The van der Waals surface area contributed by atoms with Crippen molar-refractivity contribution in [1.29, 1.82) is 0 Å². The number of nitro groups is 1. The molecule has 0 saturated heterocycles. The van der Waals surface area contributed by atoms with Crippen LogP contribution >= 0.6 is 0 Å². The molecule has 0 spiro atoms. The molecular formula is C12H14N2O7. The van der Waals surface area contributed by atoms with Crippen molar-refractivity contribution in [2.24, 2.45) is 0 Å². The first kappa shape index (κ1) is 16.4. The van der Waals surface area contributed by atoms with E-state index < -0.39 is 35.7 Å². The van der Waals surface area contributed by atoms with Gasteiger partial charge < -0.3 is 20.3 Å². The Kier molecular flexibility index (Phi) is 5.61. The van der Waals surface area contributed by atoms with Crippen LogP contribution in [0.2, 0.25) is 0 Å². The van der Waals surface area contributed by atoms with Gasteiger partial charge in [0.2, 0.25) is 0 Å². The highest BCUT2D eigenvalue weighted by atomic mass is 16.6. The topological polar surface area (TPSA) is 139 Å². The zero-order valence-corrected chi connectivity index (χ0v) is 11.1. The van der Waals surface area contributed by atoms with Crippen LogP contribution < -0.4 is 5.32 Å². The lowest BCUT2D eigenvalue weighted by atomic mass is 10.1. The molecule has 21 heavy (non-hydrogen) atoms. The van der Waals surface area contributed by atoms with Gasteiger partial charge in [0.25, 0.3) is 5.69 Å². The van der Waals surface area contributed by atoms with Crippen LogP contribution in [-0.2, 0) is 9.53 Å². The van der Waals surface area contributed by atoms with Crippen molar-refractivity contribution in [3.05, 3.63) is 39.9 Å². The summed E-state index contributed by atoms with van der Waals surface area (Å²) in [4.78, 5) is 32.4. The number of carbonyl (C=O) groups is 2. The number of aliphatic carboxylic acids is 1. The molecule has 0 unspecified atom stereocenters. The molecule has 3 N–H and O–H groups in total. The molecule has 0 saturated carbocycles. The third kappa shape index (κ3) is 4.42. The summed E-state index contributed by atoms with van der Waals surface area (Å²) in [6.07, 6.45) is -2.05. The quantitative estimate of drug-likeness (QED) is 0.522. The number of hydrogen-bond acceptors (Lipinski definition) is 6. The number of alkyl carbamates (subject to hydrolysis) is 1. The average Bonchev–Trinajstić information content (AvgIpc) is 2.44. The average molecular weight is 298 g/mol. The normalized spacial score (nSPS) is 13.0. The van der Waals surface area contributed by atoms with E-state index in [1.165, 1.54) is 25.1 Å². The predicted molar refractivity (Wildman–Crippen MR) is 69.6 cm³/mol. The highest BCUT2D eigenvalue weighted by Crippen LogP contribution is 2.26. The fourth-order valence-electron chi connectivity index (χ4n) is 1.58. The fourth-order valence-corrected chi connectivity index (χ4v) is 1.58. The van der Waals surface area contributed by atoms with E-state index in [2.05, 4.69) is 0 Å². The van der Waals surface area contributed by atoms with Crippen molar-refractivity contribution >= 4 is 17.7 Å². The summed E-state index contributed by atoms with van der Waals surface area (Å²) in [6, 6.07) is 4.21. The van der Waals surface area contributed by atoms with Crippen LogP contribution in [-0.4, -0.2) is 39.8 Å². The van der Waals surface area contributed by atoms with Gasteiger partial charge in [-0.25, -0.2) is 9.59 Å². The van der Waals surface area contributed by atoms with Gasteiger partial charge in [0.15, 0.2) is 6.04 Å². The third-order valence-electron chi connectivity index (χ3n) is 2.63. The summed E-state index contributed by atoms with van der Waals surface area (Å²) in [5.74, 6) is -1.42. The standard InChI is InChI=1S/C12H14N2O7/c1-7(8-4-2-3-5-10(8)14(19)20)21-12(18)13-9(6-15)11(16)17/h2-5,7,9,15H,6H2,1H3,(H,13,18)(H,16,17)/t7-,9+/m1/s1. The molecule has 1 rings (SSSR count). The predicted octanol–water partition coefficient (Wildman–Crippen LogP) is 0.827. The summed E-state index contributed by atoms with van der Waals surface area (Å²) in [7, 11) is 0. The number of hydrogen-bond donors (Lipinski definition) is 3. The van der Waals surface area contributed by atoms with Crippen LogP contribution in [0.25, 0.3) is 0 Å². The Labute approximate surface area is 119 Å². The molecule has 2 atom stereocenters. The maximum atomic E-state index is 11.5. The van der Waals surface area contributed by atoms with E-state index in [0.717, 1.165) is 0 Å². The maximum Gasteiger partial charge on any atom is 0.408 e. The van der Waals surface area contributed by atoms with Crippen LogP contribution in [0.15, 0.2) is 24.3 Å². The lowest BCUT2D eigenvalue weighted by Crippen LogP contribution is -2.43. The number of ether oxygens (including phenoxy) is 1. The number of carboxylic acids is 1. The van der Waals surface area contributed by atoms with Crippen LogP contribution in [0.4, 0.5) is 10.5 Å². The Hall–Kier alpha value is -2.68. The van der Waals surface area contributed by atoms with E-state index in [1.54, 1.807) is 6.07 Å². The molecule has 114 valence electrons. The van der Waals surface area contributed by atoms with Crippen molar-refractivity contribution in [2.75, 3.05) is 6.61 Å². The highest BCUT2D eigenvalue weighted by molar-refractivity contribution is 5.80. The second-order valence-electron chi connectivity index (χ2n) is 4.08. The van der Waals surface area contributed by atoms with Crippen molar-refractivity contribution < 1.29 is 29.5 Å². The van der Waals surface area contributed by atoms with Gasteiger partial charge in [0, 0.05) is 6.07 Å². The van der Waals surface area contributed by atoms with Gasteiger partial charge in [-0.1, -0.05) is 12.1 Å². The monoisotopic (exact) mass is 298 g/mol. The molecule has 0 aliphatic heterocycles. The van der Waals surface area contributed by atoms with Gasteiger partial charge in [0.05, 0.1) is 17.1 Å². The number of nitrogens with one attached hydrogen (secondary N) is 1. The van der Waals surface area contributed by atoms with Crippen molar-refractivity contribution in [3.63, 3.8) is 0 Å². The highest BCUT2D eigenvalue weighted by Gasteiger charge is 2.24. The molecule has 1 aromatic carbocycles. The van der Waals surface area contributed by atoms with E-state index in [-0.39, 0.29) is 11.3 Å². The van der Waals surface area contributed by atoms with Crippen LogP contribution in [0.5, 0.6) is 0 Å². The summed E-state index contributed by atoms with van der Waals surface area (Å²) in [5, 5.41) is 30.2. The largest absolute Gasteiger partial charge is 0.480 e. The minimum atomic E-state index is -1.50. The first-order valence-corrected chi connectivity index (χ1v) is 5.91. The number of carbonyl (C=O) groups excluding carboxylic acids is 1. The van der Waals surface area contributed by atoms with Crippen LogP contribution in [0, 0.1) is 10.1 Å². The number of aliphatic hydroxyl groups is 1. The number of para-hydroxylation sites is 1. The number of amides is 1. The summed E-state index contributed by atoms with van der Waals surface area (Å²) in [6.45, 7) is 0.612. The molecule has 0 aliphatic rings. The summed E-state index contributed by atoms with van der Waals surface area (Å²) in [5.41, 5.74) is -0.0386. The number of rotatable bonds is 6. The van der Waals surface area contributed by atoms with E-state index >= 15 is 0 Å². The molecule has 0 fully saturated rings. The fraction of sp³-hybridized carbons (Fsp3) is 0.333. The molecule has 0 heterocycles. The molecule has 1 aromatic rings. The zero-order valence-electron chi connectivity index (χ0n) is 11.1.